The number of benzene rings is 1. The summed E-state index contributed by atoms with van der Waals surface area (Å²) in [7, 11) is 3.70. The van der Waals surface area contributed by atoms with E-state index in [1.165, 1.54) is 0 Å². The van der Waals surface area contributed by atoms with Crippen molar-refractivity contribution in [1.29, 1.82) is 0 Å². The number of aliphatic imine (C=N–C) groups is 1. The summed E-state index contributed by atoms with van der Waals surface area (Å²) in [5.74, 6) is 1.64. The highest BCUT2D eigenvalue weighted by Crippen LogP contribution is 2.21. The van der Waals surface area contributed by atoms with Crippen molar-refractivity contribution in [2.24, 2.45) is 12.0 Å². The molecule has 146 valence electrons. The smallest absolute Gasteiger partial charge is 0.194 e. The Morgan fingerprint density at radius 3 is 2.93 bits per heavy atom. The summed E-state index contributed by atoms with van der Waals surface area (Å²) in [5.41, 5.74) is 2.11. The molecule has 0 bridgehead atoms. The summed E-state index contributed by atoms with van der Waals surface area (Å²) in [6.45, 7) is 2.66. The number of nitrogens with zero attached hydrogens (tertiary/aromatic N) is 7. The van der Waals surface area contributed by atoms with Gasteiger partial charge in [-0.2, -0.15) is 5.10 Å². The van der Waals surface area contributed by atoms with Crippen LogP contribution < -0.4 is 5.32 Å². The molecule has 0 aliphatic carbocycles. The molecule has 4 rings (SSSR count). The van der Waals surface area contributed by atoms with Crippen LogP contribution in [0.2, 0.25) is 0 Å². The molecule has 0 radical (unpaired) electrons. The summed E-state index contributed by atoms with van der Waals surface area (Å²) in [6, 6.07) is 10.0. The van der Waals surface area contributed by atoms with Gasteiger partial charge in [-0.25, -0.2) is 0 Å². The number of hydrogen-bond donors (Lipinski definition) is 1. The van der Waals surface area contributed by atoms with Crippen molar-refractivity contribution in [3.05, 3.63) is 60.4 Å². The van der Waals surface area contributed by atoms with Gasteiger partial charge in [0.25, 0.3) is 0 Å². The van der Waals surface area contributed by atoms with Crippen molar-refractivity contribution in [1.82, 2.24) is 34.8 Å². The Labute approximate surface area is 163 Å². The largest absolute Gasteiger partial charge is 0.370 e. The zero-order valence-corrected chi connectivity index (χ0v) is 16.1. The van der Waals surface area contributed by atoms with Crippen LogP contribution >= 0.6 is 0 Å². The molecule has 1 saturated heterocycles. The van der Waals surface area contributed by atoms with Crippen LogP contribution in [0.3, 0.4) is 0 Å². The van der Waals surface area contributed by atoms with Crippen molar-refractivity contribution in [2.75, 3.05) is 26.7 Å². The van der Waals surface area contributed by atoms with Crippen molar-refractivity contribution >= 4 is 5.96 Å². The molecule has 1 fully saturated rings. The van der Waals surface area contributed by atoms with E-state index in [9.17, 15) is 0 Å². The number of morpholine rings is 1. The Kier molecular flexibility index (Phi) is 5.34. The molecule has 3 aromatic rings. The van der Waals surface area contributed by atoms with Gasteiger partial charge in [-0.15, -0.1) is 10.2 Å². The molecule has 1 aromatic carbocycles. The molecule has 1 N–H and O–H groups in total. The van der Waals surface area contributed by atoms with Gasteiger partial charge >= 0.3 is 0 Å². The molecule has 0 amide bonds. The van der Waals surface area contributed by atoms with Crippen molar-refractivity contribution < 1.29 is 4.74 Å². The quantitative estimate of drug-likeness (QED) is 0.540. The summed E-state index contributed by atoms with van der Waals surface area (Å²) in [6.07, 6.45) is 5.55. The van der Waals surface area contributed by atoms with Crippen LogP contribution in [0, 0.1) is 0 Å². The molecule has 9 nitrogen and oxygen atoms in total. The van der Waals surface area contributed by atoms with Crippen LogP contribution in [-0.2, 0) is 18.3 Å². The molecule has 1 unspecified atom stereocenters. The number of guanidine groups is 1. The first kappa shape index (κ1) is 18.2. The van der Waals surface area contributed by atoms with E-state index in [1.54, 1.807) is 18.1 Å². The van der Waals surface area contributed by atoms with Crippen molar-refractivity contribution in [3.63, 3.8) is 0 Å². The average Bonchev–Trinajstić information content (AvgIpc) is 3.38. The van der Waals surface area contributed by atoms with Crippen LogP contribution in [-0.4, -0.2) is 62.1 Å². The number of aryl methyl sites for hydroxylation is 1. The lowest BCUT2D eigenvalue weighted by atomic mass is 10.1. The minimum atomic E-state index is -0.0195. The highest BCUT2D eigenvalue weighted by atomic mass is 16.5. The number of aromatic nitrogens is 5. The number of nitrogens with one attached hydrogen (secondary N) is 1. The fraction of sp³-hybridized carbons (Fsp3) is 0.368. The molecule has 9 heteroatoms. The van der Waals surface area contributed by atoms with Crippen LogP contribution in [0.15, 0.2) is 54.0 Å². The van der Waals surface area contributed by atoms with Gasteiger partial charge in [0.2, 0.25) is 0 Å². The van der Waals surface area contributed by atoms with Gasteiger partial charge in [0, 0.05) is 38.1 Å². The SMILES string of the molecule is CN=C(NCc1nncn1-c1ccccc1)N1CCOC(c2cnn(C)c2)C1. The summed E-state index contributed by atoms with van der Waals surface area (Å²) >= 11 is 0. The number of para-hydroxylation sites is 1. The minimum absolute atomic E-state index is 0.0195. The Hall–Kier alpha value is -3.20. The monoisotopic (exact) mass is 380 g/mol. The second-order valence-corrected chi connectivity index (χ2v) is 6.61. The van der Waals surface area contributed by atoms with E-state index < -0.39 is 0 Å². The zero-order valence-electron chi connectivity index (χ0n) is 16.1. The van der Waals surface area contributed by atoms with Crippen LogP contribution in [0.25, 0.3) is 5.69 Å². The molecular formula is C19H24N8O. The van der Waals surface area contributed by atoms with Gasteiger partial charge in [-0.3, -0.25) is 14.2 Å². The standard InChI is InChI=1S/C19H24N8O/c1-20-19(26-8-9-28-17(13-26)15-10-23-25(2)12-15)21-11-18-24-22-14-27(18)16-6-4-3-5-7-16/h3-7,10,12,14,17H,8-9,11,13H2,1-2H3,(H,20,21). The molecule has 28 heavy (non-hydrogen) atoms. The van der Waals surface area contributed by atoms with Crippen LogP contribution in [0.5, 0.6) is 0 Å². The minimum Gasteiger partial charge on any atom is -0.370 e. The predicted molar refractivity (Wildman–Crippen MR) is 105 cm³/mol. The number of rotatable bonds is 4. The third-order valence-corrected chi connectivity index (χ3v) is 4.73. The zero-order chi connectivity index (χ0) is 19.3. The number of ether oxygens (including phenoxy) is 1. The van der Waals surface area contributed by atoms with Gasteiger partial charge in [-0.1, -0.05) is 18.2 Å². The van der Waals surface area contributed by atoms with Crippen molar-refractivity contribution in [3.8, 4) is 5.69 Å². The molecule has 3 heterocycles. The third kappa shape index (κ3) is 3.89. The molecule has 1 aliphatic heterocycles. The van der Waals surface area contributed by atoms with E-state index >= 15 is 0 Å². The van der Waals surface area contributed by atoms with Crippen LogP contribution in [0.1, 0.15) is 17.5 Å². The second kappa shape index (κ2) is 8.22. The Morgan fingerprint density at radius 1 is 1.32 bits per heavy atom. The Bertz CT molecular complexity index is 932. The second-order valence-electron chi connectivity index (χ2n) is 6.61. The summed E-state index contributed by atoms with van der Waals surface area (Å²) in [4.78, 5) is 6.64. The normalized spacial score (nSPS) is 17.7. The van der Waals surface area contributed by atoms with E-state index in [0.29, 0.717) is 13.2 Å². The molecule has 1 atom stereocenters. The Morgan fingerprint density at radius 2 is 2.18 bits per heavy atom. The van der Waals surface area contributed by atoms with Gasteiger partial charge in [0.05, 0.1) is 25.9 Å². The first-order chi connectivity index (χ1) is 13.7. The maximum absolute atomic E-state index is 5.93. The first-order valence-electron chi connectivity index (χ1n) is 9.24. The van der Waals surface area contributed by atoms with E-state index in [1.807, 2.05) is 54.3 Å². The lowest BCUT2D eigenvalue weighted by Gasteiger charge is -2.34. The number of hydrogen-bond acceptors (Lipinski definition) is 5. The molecular weight excluding hydrogens is 356 g/mol. The first-order valence-corrected chi connectivity index (χ1v) is 9.24. The lowest BCUT2D eigenvalue weighted by molar-refractivity contribution is -0.00806. The fourth-order valence-electron chi connectivity index (χ4n) is 3.32. The van der Waals surface area contributed by atoms with E-state index in [4.69, 9.17) is 4.74 Å². The van der Waals surface area contributed by atoms with E-state index in [-0.39, 0.29) is 6.10 Å². The molecule has 0 saturated carbocycles. The average molecular weight is 380 g/mol. The predicted octanol–water partition coefficient (Wildman–Crippen LogP) is 1.15. The van der Waals surface area contributed by atoms with Gasteiger partial charge < -0.3 is 15.0 Å². The Balaban J connectivity index is 1.42. The highest BCUT2D eigenvalue weighted by molar-refractivity contribution is 5.80. The molecule has 1 aliphatic rings. The van der Waals surface area contributed by atoms with Gasteiger partial charge in [0.1, 0.15) is 12.4 Å². The maximum atomic E-state index is 5.93. The van der Waals surface area contributed by atoms with Gasteiger partial charge in [0.15, 0.2) is 11.8 Å². The van der Waals surface area contributed by atoms with E-state index in [0.717, 1.165) is 36.1 Å². The summed E-state index contributed by atoms with van der Waals surface area (Å²) in [5, 5.41) is 16.0. The molecule has 0 spiro atoms. The maximum Gasteiger partial charge on any atom is 0.194 e. The van der Waals surface area contributed by atoms with E-state index in [2.05, 4.69) is 30.5 Å². The topological polar surface area (TPSA) is 85.4 Å². The highest BCUT2D eigenvalue weighted by Gasteiger charge is 2.25. The van der Waals surface area contributed by atoms with Crippen LogP contribution in [0.4, 0.5) is 0 Å². The third-order valence-electron chi connectivity index (χ3n) is 4.73. The lowest BCUT2D eigenvalue weighted by Crippen LogP contribution is -2.48. The van der Waals surface area contributed by atoms with Gasteiger partial charge in [-0.05, 0) is 12.1 Å². The fourth-order valence-corrected chi connectivity index (χ4v) is 3.32. The van der Waals surface area contributed by atoms with Crippen molar-refractivity contribution in [2.45, 2.75) is 12.6 Å². The summed E-state index contributed by atoms with van der Waals surface area (Å²) < 4.78 is 9.69. The molecule has 2 aromatic heterocycles.